The van der Waals surface area contributed by atoms with Crippen molar-refractivity contribution in [3.63, 3.8) is 0 Å². The Bertz CT molecular complexity index is 1700. The van der Waals surface area contributed by atoms with Crippen molar-refractivity contribution < 1.29 is 57.8 Å². The van der Waals surface area contributed by atoms with Crippen molar-refractivity contribution in [3.05, 3.63) is 136 Å². The van der Waals surface area contributed by atoms with Gasteiger partial charge >= 0.3 is 6.55 Å². The number of nitrogens with zero attached hydrogens (tertiary/aromatic N) is 1. The van der Waals surface area contributed by atoms with Gasteiger partial charge in [-0.1, -0.05) is 30.3 Å². The predicted molar refractivity (Wildman–Crippen MR) is 136 cm³/mol. The molecule has 0 radical (unpaired) electrons. The fourth-order valence-corrected chi connectivity index (χ4v) is 4.69. The van der Waals surface area contributed by atoms with Gasteiger partial charge in [-0.25, -0.2) is 48.5 Å². The Hall–Kier alpha value is -4.75. The molecule has 0 atom stereocenters. The van der Waals surface area contributed by atoms with Gasteiger partial charge in [0, 0.05) is 29.4 Å². The number of allylic oxidation sites excluding steroid dienone is 6. The molecule has 0 unspecified atom stereocenters. The van der Waals surface area contributed by atoms with Crippen LogP contribution in [0.1, 0.15) is 5.56 Å². The van der Waals surface area contributed by atoms with E-state index in [9.17, 15) is 26.3 Å². The number of hydrogen-bond donors (Lipinski definition) is 0. The standard InChI is InChI=1S/C29H16BF10NO2/c1-41(2)15-10-8-14(9-11-15)17-12-16(13-6-4-3-5-7-13)42-30(43-17,18-20(31)24(35)28(39)25(36)21(18)32)19-22(33)26(37)29(40)27(38)23(19)34/h3-12H,1-2H3. The zero-order chi connectivity index (χ0) is 31.4. The second-order valence-electron chi connectivity index (χ2n) is 9.60. The molecule has 0 spiro atoms. The van der Waals surface area contributed by atoms with Gasteiger partial charge in [0.2, 0.25) is 0 Å². The summed E-state index contributed by atoms with van der Waals surface area (Å²) in [6, 6.07) is 7.07. The van der Waals surface area contributed by atoms with Crippen molar-refractivity contribution in [3.8, 4) is 0 Å². The molecule has 5 rings (SSSR count). The van der Waals surface area contributed by atoms with Crippen LogP contribution in [-0.2, 0) is 9.31 Å². The lowest BCUT2D eigenvalue weighted by Crippen LogP contribution is -2.68. The summed E-state index contributed by atoms with van der Waals surface area (Å²) < 4.78 is 161. The fourth-order valence-electron chi connectivity index (χ4n) is 4.69. The van der Waals surface area contributed by atoms with Gasteiger partial charge in [0.25, 0.3) is 0 Å². The van der Waals surface area contributed by atoms with Crippen molar-refractivity contribution in [1.29, 1.82) is 0 Å². The van der Waals surface area contributed by atoms with Crippen molar-refractivity contribution in [2.24, 2.45) is 0 Å². The van der Waals surface area contributed by atoms with E-state index in [1.54, 1.807) is 18.7 Å². The van der Waals surface area contributed by atoms with Crippen LogP contribution in [0, 0.1) is 58.2 Å². The third-order valence-electron chi connectivity index (χ3n) is 6.82. The van der Waals surface area contributed by atoms with E-state index in [2.05, 4.69) is 0 Å². The molecular weight excluding hydrogens is 595 g/mol. The zero-order valence-corrected chi connectivity index (χ0v) is 21.9. The summed E-state index contributed by atoms with van der Waals surface area (Å²) in [6.45, 7) is -5.00. The monoisotopic (exact) mass is 611 g/mol. The van der Waals surface area contributed by atoms with Crippen LogP contribution in [0.2, 0.25) is 0 Å². The molecule has 0 saturated carbocycles. The van der Waals surface area contributed by atoms with Gasteiger partial charge in [0.15, 0.2) is 40.6 Å². The van der Waals surface area contributed by atoms with E-state index in [0.29, 0.717) is 5.71 Å². The molecule has 1 aliphatic carbocycles. The summed E-state index contributed by atoms with van der Waals surface area (Å²) in [5.41, 5.74) is -3.55. The first-order valence-corrected chi connectivity index (χ1v) is 12.3. The minimum atomic E-state index is -5.00. The lowest BCUT2D eigenvalue weighted by atomic mass is 9.44. The van der Waals surface area contributed by atoms with Gasteiger partial charge in [-0.2, -0.15) is 0 Å². The molecule has 0 N–H and O–H groups in total. The van der Waals surface area contributed by atoms with Crippen molar-refractivity contribution in [2.75, 3.05) is 14.1 Å². The number of benzene rings is 3. The molecule has 0 bridgehead atoms. The Kier molecular flexibility index (Phi) is 7.49. The molecule has 43 heavy (non-hydrogen) atoms. The summed E-state index contributed by atoms with van der Waals surface area (Å²) in [6.07, 6.45) is 6.84. The number of halogens is 10. The van der Waals surface area contributed by atoms with E-state index in [-0.39, 0.29) is 11.1 Å². The van der Waals surface area contributed by atoms with Crippen LogP contribution in [0.5, 0.6) is 0 Å². The van der Waals surface area contributed by atoms with Gasteiger partial charge in [-0.05, 0) is 23.1 Å². The topological polar surface area (TPSA) is 21.5 Å². The molecular formula is C29H16BF10NO2. The molecule has 0 aromatic heterocycles. The average molecular weight is 611 g/mol. The third-order valence-corrected chi connectivity index (χ3v) is 6.82. The minimum absolute atomic E-state index is 0.0151. The lowest BCUT2D eigenvalue weighted by molar-refractivity contribution is -0.462. The van der Waals surface area contributed by atoms with Crippen molar-refractivity contribution in [1.82, 2.24) is 0 Å². The van der Waals surface area contributed by atoms with Crippen LogP contribution < -0.4 is 10.9 Å². The summed E-state index contributed by atoms with van der Waals surface area (Å²) in [7, 11) is 3.39. The maximum atomic E-state index is 15.5. The van der Waals surface area contributed by atoms with Crippen LogP contribution in [0.3, 0.4) is 0 Å². The maximum absolute atomic E-state index is 15.5. The lowest BCUT2D eigenvalue weighted by Gasteiger charge is -2.48. The predicted octanol–water partition coefficient (Wildman–Crippen LogP) is 5.82. The Morgan fingerprint density at radius 1 is 0.535 bits per heavy atom. The first kappa shape index (κ1) is 29.7. The van der Waals surface area contributed by atoms with Crippen molar-refractivity contribution >= 4 is 28.9 Å². The average Bonchev–Trinajstić information content (AvgIpc) is 3.01. The quantitative estimate of drug-likeness (QED) is 0.123. The second kappa shape index (κ2) is 10.8. The summed E-state index contributed by atoms with van der Waals surface area (Å²) in [5.74, 6) is -27.4. The van der Waals surface area contributed by atoms with Crippen LogP contribution in [-0.4, -0.2) is 30.9 Å². The van der Waals surface area contributed by atoms with Crippen LogP contribution >= 0.6 is 0 Å². The molecule has 2 aliphatic rings. The first-order valence-electron chi connectivity index (χ1n) is 12.3. The molecule has 1 heterocycles. The normalized spacial score (nSPS) is 15.8. The molecule has 0 amide bonds. The molecule has 1 aliphatic heterocycles. The maximum Gasteiger partial charge on any atom is 0.417 e. The number of rotatable bonds is 3. The summed E-state index contributed by atoms with van der Waals surface area (Å²) in [5, 5.41) is 0. The third kappa shape index (κ3) is 4.70. The summed E-state index contributed by atoms with van der Waals surface area (Å²) in [4.78, 5) is 0. The molecule has 3 aromatic rings. The van der Waals surface area contributed by atoms with Gasteiger partial charge in [-0.3, -0.25) is 0 Å². The second-order valence-corrected chi connectivity index (χ2v) is 9.60. The van der Waals surface area contributed by atoms with Gasteiger partial charge in [-0.15, -0.1) is 0 Å². The van der Waals surface area contributed by atoms with Crippen LogP contribution in [0.15, 0.2) is 72.0 Å². The molecule has 0 saturated heterocycles. The SMILES string of the molecule is C[N+](C)=C1C=CC(=C2C=C(c3ccccc3)O[B-](c3c(F)c(F)c(F)c(F)c3F)(c3c(F)c(F)c(F)c(F)c3F)O2)C=C1. The molecule has 14 heteroatoms. The summed E-state index contributed by atoms with van der Waals surface area (Å²) >= 11 is 0. The Labute approximate surface area is 237 Å². The highest BCUT2D eigenvalue weighted by Gasteiger charge is 2.51. The van der Waals surface area contributed by atoms with E-state index >= 15 is 17.6 Å². The van der Waals surface area contributed by atoms with Crippen molar-refractivity contribution in [2.45, 2.75) is 0 Å². The smallest absolute Gasteiger partial charge is 0.417 e. The highest BCUT2D eigenvalue weighted by Crippen LogP contribution is 2.36. The Morgan fingerprint density at radius 2 is 0.953 bits per heavy atom. The number of hydrogen-bond acceptors (Lipinski definition) is 2. The zero-order valence-electron chi connectivity index (χ0n) is 21.9. The van der Waals surface area contributed by atoms with Gasteiger partial charge in [0.1, 0.15) is 37.4 Å². The van der Waals surface area contributed by atoms with E-state index in [0.717, 1.165) is 6.08 Å². The Morgan fingerprint density at radius 3 is 1.37 bits per heavy atom. The molecule has 3 nitrogen and oxygen atoms in total. The minimum Gasteiger partial charge on any atom is -0.675 e. The fraction of sp³-hybridized carbons (Fsp3) is 0.0690. The van der Waals surface area contributed by atoms with E-state index in [1.165, 1.54) is 54.6 Å². The van der Waals surface area contributed by atoms with Crippen LogP contribution in [0.4, 0.5) is 43.9 Å². The molecule has 222 valence electrons. The van der Waals surface area contributed by atoms with E-state index in [4.69, 9.17) is 9.31 Å². The first-order chi connectivity index (χ1) is 20.3. The Balaban J connectivity index is 1.96. The van der Waals surface area contributed by atoms with E-state index < -0.39 is 87.2 Å². The highest BCUT2D eigenvalue weighted by molar-refractivity contribution is 6.93. The highest BCUT2D eigenvalue weighted by atomic mass is 19.2. The van der Waals surface area contributed by atoms with Gasteiger partial charge in [0.05, 0.1) is 11.5 Å². The molecule has 3 aromatic carbocycles. The van der Waals surface area contributed by atoms with Crippen LogP contribution in [0.25, 0.3) is 5.76 Å². The molecule has 0 fully saturated rings. The van der Waals surface area contributed by atoms with E-state index in [1.807, 2.05) is 0 Å². The van der Waals surface area contributed by atoms with Gasteiger partial charge < -0.3 is 9.31 Å². The largest absolute Gasteiger partial charge is 0.675 e.